The van der Waals surface area contributed by atoms with Crippen molar-refractivity contribution in [3.8, 4) is 11.8 Å². The molecule has 0 spiro atoms. The van der Waals surface area contributed by atoms with Gasteiger partial charge in [-0.25, -0.2) is 0 Å². The Bertz CT molecular complexity index is 877. The largest absolute Gasteiger partial charge is 0.489 e. The van der Waals surface area contributed by atoms with Crippen LogP contribution < -0.4 is 10.2 Å². The van der Waals surface area contributed by atoms with Crippen molar-refractivity contribution in [3.63, 3.8) is 0 Å². The first kappa shape index (κ1) is 12.9. The molecule has 0 radical (unpaired) electrons. The number of nitrogens with zero attached hydrogens (tertiary/aromatic N) is 1. The Kier molecular flexibility index (Phi) is 3.40. The number of rotatable bonds is 3. The molecule has 0 saturated carbocycles. The Morgan fingerprint density at radius 3 is 2.67 bits per heavy atom. The third kappa shape index (κ3) is 2.77. The van der Waals surface area contributed by atoms with E-state index in [0.717, 1.165) is 5.56 Å². The molecule has 0 amide bonds. The third-order valence-corrected chi connectivity index (χ3v) is 3.17. The van der Waals surface area contributed by atoms with Crippen molar-refractivity contribution in [1.82, 2.24) is 4.98 Å². The van der Waals surface area contributed by atoms with Crippen LogP contribution in [0.15, 0.2) is 59.4 Å². The Morgan fingerprint density at radius 1 is 1.10 bits per heavy atom. The average Bonchev–Trinajstić information content (AvgIpc) is 2.54. The van der Waals surface area contributed by atoms with Gasteiger partial charge in [-0.3, -0.25) is 4.79 Å². The molecule has 0 aliphatic carbocycles. The van der Waals surface area contributed by atoms with Gasteiger partial charge in [0.25, 0.3) is 0 Å². The molecular weight excluding hydrogens is 264 g/mol. The standard InChI is InChI=1S/C17H12N2O2/c18-10-13-8-17(20)15-9-14(6-7-16(15)19-13)21-11-12-4-2-1-3-5-12/h1-9H,11H2,(H,19,20). The number of hydrogen-bond donors (Lipinski definition) is 1. The topological polar surface area (TPSA) is 65.9 Å². The van der Waals surface area contributed by atoms with Crippen LogP contribution in [-0.4, -0.2) is 4.98 Å². The molecule has 1 heterocycles. The lowest BCUT2D eigenvalue weighted by Gasteiger charge is -2.07. The lowest BCUT2D eigenvalue weighted by Crippen LogP contribution is -2.04. The number of H-pyrrole nitrogens is 1. The maximum Gasteiger partial charge on any atom is 0.190 e. The highest BCUT2D eigenvalue weighted by atomic mass is 16.5. The highest BCUT2D eigenvalue weighted by Crippen LogP contribution is 2.18. The smallest absolute Gasteiger partial charge is 0.190 e. The average molecular weight is 276 g/mol. The van der Waals surface area contributed by atoms with E-state index in [9.17, 15) is 4.79 Å². The number of hydrogen-bond acceptors (Lipinski definition) is 3. The molecule has 0 atom stereocenters. The van der Waals surface area contributed by atoms with E-state index in [4.69, 9.17) is 10.00 Å². The lowest BCUT2D eigenvalue weighted by atomic mass is 10.2. The second-order valence-electron chi connectivity index (χ2n) is 4.64. The van der Waals surface area contributed by atoms with Crippen LogP contribution in [0.4, 0.5) is 0 Å². The summed E-state index contributed by atoms with van der Waals surface area (Å²) in [5.74, 6) is 0.626. The number of pyridine rings is 1. The van der Waals surface area contributed by atoms with Crippen LogP contribution in [0, 0.1) is 11.3 Å². The van der Waals surface area contributed by atoms with E-state index in [2.05, 4.69) is 4.98 Å². The van der Waals surface area contributed by atoms with Gasteiger partial charge in [0, 0.05) is 11.5 Å². The van der Waals surface area contributed by atoms with E-state index in [1.807, 2.05) is 36.4 Å². The van der Waals surface area contributed by atoms with Gasteiger partial charge in [0.15, 0.2) is 5.43 Å². The van der Waals surface area contributed by atoms with E-state index in [0.29, 0.717) is 23.3 Å². The van der Waals surface area contributed by atoms with Gasteiger partial charge < -0.3 is 9.72 Å². The fourth-order valence-corrected chi connectivity index (χ4v) is 2.12. The summed E-state index contributed by atoms with van der Waals surface area (Å²) in [5.41, 5.74) is 1.76. The molecule has 0 bridgehead atoms. The number of nitriles is 1. The first-order chi connectivity index (χ1) is 10.3. The van der Waals surface area contributed by atoms with Crippen LogP contribution >= 0.6 is 0 Å². The second kappa shape index (κ2) is 5.51. The molecule has 0 unspecified atom stereocenters. The van der Waals surface area contributed by atoms with E-state index < -0.39 is 0 Å². The number of ether oxygens (including phenoxy) is 1. The molecule has 0 aliphatic heterocycles. The van der Waals surface area contributed by atoms with Crippen LogP contribution in [0.25, 0.3) is 10.9 Å². The molecule has 4 heteroatoms. The summed E-state index contributed by atoms with van der Waals surface area (Å²) in [4.78, 5) is 14.9. The zero-order chi connectivity index (χ0) is 14.7. The Balaban J connectivity index is 1.90. The van der Waals surface area contributed by atoms with E-state index in [-0.39, 0.29) is 11.1 Å². The summed E-state index contributed by atoms with van der Waals surface area (Å²) in [6.45, 7) is 0.445. The van der Waals surface area contributed by atoms with Crippen molar-refractivity contribution >= 4 is 10.9 Å². The molecule has 0 saturated heterocycles. The minimum absolute atomic E-state index is 0.189. The molecule has 0 aliphatic rings. The molecule has 21 heavy (non-hydrogen) atoms. The summed E-state index contributed by atoms with van der Waals surface area (Å²) in [6, 6.07) is 18.3. The SMILES string of the molecule is N#Cc1cc(=O)c2cc(OCc3ccccc3)ccc2[nH]1. The first-order valence-corrected chi connectivity index (χ1v) is 6.50. The number of fused-ring (bicyclic) bond motifs is 1. The number of aromatic nitrogens is 1. The van der Waals surface area contributed by atoms with Crippen LogP contribution in [-0.2, 0) is 6.61 Å². The maximum absolute atomic E-state index is 12.0. The number of benzene rings is 2. The maximum atomic E-state index is 12.0. The third-order valence-electron chi connectivity index (χ3n) is 3.17. The summed E-state index contributed by atoms with van der Waals surface area (Å²) in [7, 11) is 0. The van der Waals surface area contributed by atoms with Gasteiger partial charge in [-0.15, -0.1) is 0 Å². The Morgan fingerprint density at radius 2 is 1.90 bits per heavy atom. The van der Waals surface area contributed by atoms with E-state index in [1.54, 1.807) is 18.2 Å². The van der Waals surface area contributed by atoms with Crippen molar-refractivity contribution in [1.29, 1.82) is 5.26 Å². The predicted octanol–water partition coefficient (Wildman–Crippen LogP) is 2.98. The van der Waals surface area contributed by atoms with E-state index >= 15 is 0 Å². The molecule has 2 aromatic carbocycles. The number of nitrogens with one attached hydrogen (secondary N) is 1. The van der Waals surface area contributed by atoms with Crippen LogP contribution in [0.3, 0.4) is 0 Å². The van der Waals surface area contributed by atoms with Crippen molar-refractivity contribution in [2.75, 3.05) is 0 Å². The molecule has 1 aromatic heterocycles. The van der Waals surface area contributed by atoms with E-state index in [1.165, 1.54) is 6.07 Å². The summed E-state index contributed by atoms with van der Waals surface area (Å²) < 4.78 is 5.69. The highest BCUT2D eigenvalue weighted by Gasteiger charge is 2.04. The van der Waals surface area contributed by atoms with Gasteiger partial charge in [-0.2, -0.15) is 5.26 Å². The molecule has 0 fully saturated rings. The Labute approximate surface area is 121 Å². The fraction of sp³-hybridized carbons (Fsp3) is 0.0588. The quantitative estimate of drug-likeness (QED) is 0.799. The normalized spacial score (nSPS) is 10.2. The predicted molar refractivity (Wildman–Crippen MR) is 80.1 cm³/mol. The fourth-order valence-electron chi connectivity index (χ4n) is 2.12. The lowest BCUT2D eigenvalue weighted by molar-refractivity contribution is 0.306. The van der Waals surface area contributed by atoms with Crippen LogP contribution in [0.2, 0.25) is 0 Å². The monoisotopic (exact) mass is 276 g/mol. The molecule has 4 nitrogen and oxygen atoms in total. The summed E-state index contributed by atoms with van der Waals surface area (Å²) >= 11 is 0. The van der Waals surface area contributed by atoms with Crippen molar-refractivity contribution < 1.29 is 4.74 Å². The highest BCUT2D eigenvalue weighted by molar-refractivity contribution is 5.80. The molecule has 1 N–H and O–H groups in total. The van der Waals surface area contributed by atoms with Gasteiger partial charge in [-0.1, -0.05) is 30.3 Å². The van der Waals surface area contributed by atoms with Crippen molar-refractivity contribution in [2.24, 2.45) is 0 Å². The van der Waals surface area contributed by atoms with Crippen molar-refractivity contribution in [3.05, 3.63) is 76.1 Å². The molecule has 102 valence electrons. The van der Waals surface area contributed by atoms with Gasteiger partial charge in [0.1, 0.15) is 24.1 Å². The van der Waals surface area contributed by atoms with Gasteiger partial charge in [0.05, 0.1) is 5.52 Å². The van der Waals surface area contributed by atoms with Gasteiger partial charge in [-0.05, 0) is 23.8 Å². The minimum Gasteiger partial charge on any atom is -0.489 e. The molecular formula is C17H12N2O2. The molecule has 3 rings (SSSR count). The summed E-state index contributed by atoms with van der Waals surface area (Å²) in [6.07, 6.45) is 0. The van der Waals surface area contributed by atoms with Gasteiger partial charge >= 0.3 is 0 Å². The Hall–Kier alpha value is -3.06. The number of aromatic amines is 1. The zero-order valence-corrected chi connectivity index (χ0v) is 11.2. The molecule has 3 aromatic rings. The van der Waals surface area contributed by atoms with Crippen LogP contribution in [0.5, 0.6) is 5.75 Å². The second-order valence-corrected chi connectivity index (χ2v) is 4.64. The van der Waals surface area contributed by atoms with Crippen molar-refractivity contribution in [2.45, 2.75) is 6.61 Å². The zero-order valence-electron chi connectivity index (χ0n) is 11.2. The first-order valence-electron chi connectivity index (χ1n) is 6.50. The van der Waals surface area contributed by atoms with Crippen LogP contribution in [0.1, 0.15) is 11.3 Å². The minimum atomic E-state index is -0.189. The summed E-state index contributed by atoms with van der Waals surface area (Å²) in [5, 5.41) is 9.36. The van der Waals surface area contributed by atoms with Gasteiger partial charge in [0.2, 0.25) is 0 Å².